The second-order valence-corrected chi connectivity index (χ2v) is 4.43. The van der Waals surface area contributed by atoms with Crippen LogP contribution in [0.4, 0.5) is 0 Å². The van der Waals surface area contributed by atoms with Crippen LogP contribution in [0.2, 0.25) is 0 Å². The lowest BCUT2D eigenvalue weighted by Gasteiger charge is -2.19. The van der Waals surface area contributed by atoms with Gasteiger partial charge in [0.1, 0.15) is 6.26 Å². The number of carbonyl (C=O) groups excluding carboxylic acids is 1. The topological polar surface area (TPSA) is 65.1 Å². The largest absolute Gasteiger partial charge is 0.364 e. The molecule has 0 aliphatic heterocycles. The van der Waals surface area contributed by atoms with Crippen LogP contribution in [0.5, 0.6) is 0 Å². The van der Waals surface area contributed by atoms with Gasteiger partial charge in [-0.3, -0.25) is 9.59 Å². The summed E-state index contributed by atoms with van der Waals surface area (Å²) < 4.78 is 6.40. The molecule has 0 saturated carbocycles. The highest BCUT2D eigenvalue weighted by Crippen LogP contribution is 2.20. The standard InChI is InChI=1S/C13H12N2O3/c16-12-3-1-2-11-10(12)4-5-13(17)15(11)7-9-6-14-18-8-9/h4-6,8H,1-3,7H2. The maximum absolute atomic E-state index is 11.9. The fraction of sp³-hybridized carbons (Fsp3) is 0.308. The van der Waals surface area contributed by atoms with Crippen LogP contribution in [0.25, 0.3) is 0 Å². The van der Waals surface area contributed by atoms with E-state index in [1.807, 2.05) is 0 Å². The first-order valence-corrected chi connectivity index (χ1v) is 5.90. The first-order valence-electron chi connectivity index (χ1n) is 5.90. The van der Waals surface area contributed by atoms with Gasteiger partial charge in [0.15, 0.2) is 5.78 Å². The summed E-state index contributed by atoms with van der Waals surface area (Å²) in [6, 6.07) is 3.10. The molecule has 5 heteroatoms. The molecule has 0 spiro atoms. The van der Waals surface area contributed by atoms with Gasteiger partial charge in [0, 0.05) is 29.3 Å². The molecule has 0 saturated heterocycles. The molecule has 2 aromatic heterocycles. The van der Waals surface area contributed by atoms with Gasteiger partial charge in [0.05, 0.1) is 12.7 Å². The summed E-state index contributed by atoms with van der Waals surface area (Å²) in [5.41, 5.74) is 2.24. The Balaban J connectivity index is 2.10. The lowest BCUT2D eigenvalue weighted by molar-refractivity contribution is 0.0970. The lowest BCUT2D eigenvalue weighted by Crippen LogP contribution is -2.28. The fourth-order valence-corrected chi connectivity index (χ4v) is 2.35. The third kappa shape index (κ3) is 1.77. The van der Waals surface area contributed by atoms with E-state index in [0.29, 0.717) is 18.5 Å². The highest BCUT2D eigenvalue weighted by Gasteiger charge is 2.20. The van der Waals surface area contributed by atoms with E-state index in [9.17, 15) is 9.59 Å². The zero-order valence-corrected chi connectivity index (χ0v) is 9.76. The SMILES string of the molecule is O=C1CCCc2c1ccc(=O)n2Cc1cnoc1. The van der Waals surface area contributed by atoms with Gasteiger partial charge in [-0.1, -0.05) is 5.16 Å². The average molecular weight is 244 g/mol. The highest BCUT2D eigenvalue weighted by atomic mass is 16.5. The van der Waals surface area contributed by atoms with E-state index in [-0.39, 0.29) is 11.3 Å². The van der Waals surface area contributed by atoms with Crippen LogP contribution in [0, 0.1) is 0 Å². The normalized spacial score (nSPS) is 14.6. The van der Waals surface area contributed by atoms with Crippen molar-refractivity contribution in [3.8, 4) is 0 Å². The van der Waals surface area contributed by atoms with Gasteiger partial charge in [-0.15, -0.1) is 0 Å². The molecule has 5 nitrogen and oxygen atoms in total. The zero-order valence-electron chi connectivity index (χ0n) is 9.76. The summed E-state index contributed by atoms with van der Waals surface area (Å²) in [4.78, 5) is 23.7. The molecule has 1 aliphatic carbocycles. The van der Waals surface area contributed by atoms with Crippen molar-refractivity contribution in [1.29, 1.82) is 0 Å². The Labute approximate surface area is 103 Å². The summed E-state index contributed by atoms with van der Waals surface area (Å²) in [5, 5.41) is 3.62. The van der Waals surface area contributed by atoms with Crippen molar-refractivity contribution in [3.05, 3.63) is 51.8 Å². The van der Waals surface area contributed by atoms with Crippen LogP contribution in [0.3, 0.4) is 0 Å². The molecular weight excluding hydrogens is 232 g/mol. The predicted octanol–water partition coefficient (Wildman–Crippen LogP) is 1.40. The average Bonchev–Trinajstić information content (AvgIpc) is 2.86. The molecule has 0 N–H and O–H groups in total. The molecule has 0 unspecified atom stereocenters. The molecule has 3 rings (SSSR count). The highest BCUT2D eigenvalue weighted by molar-refractivity contribution is 5.97. The van der Waals surface area contributed by atoms with Crippen molar-refractivity contribution < 1.29 is 9.32 Å². The maximum Gasteiger partial charge on any atom is 0.251 e. The molecule has 2 heterocycles. The van der Waals surface area contributed by atoms with Crippen molar-refractivity contribution >= 4 is 5.78 Å². The van der Waals surface area contributed by atoms with Crippen molar-refractivity contribution in [2.75, 3.05) is 0 Å². The number of hydrogen-bond acceptors (Lipinski definition) is 4. The Hall–Kier alpha value is -2.17. The molecular formula is C13H12N2O3. The Morgan fingerprint density at radius 2 is 2.17 bits per heavy atom. The number of hydrogen-bond donors (Lipinski definition) is 0. The Kier molecular flexibility index (Phi) is 2.59. The van der Waals surface area contributed by atoms with Crippen LogP contribution in [0.1, 0.15) is 34.5 Å². The smallest absolute Gasteiger partial charge is 0.251 e. The van der Waals surface area contributed by atoms with Crippen molar-refractivity contribution in [2.45, 2.75) is 25.8 Å². The zero-order chi connectivity index (χ0) is 12.5. The summed E-state index contributed by atoms with van der Waals surface area (Å²) in [6.07, 6.45) is 5.23. The van der Waals surface area contributed by atoms with E-state index >= 15 is 0 Å². The van der Waals surface area contributed by atoms with Crippen LogP contribution in [-0.2, 0) is 13.0 Å². The Morgan fingerprint density at radius 1 is 1.28 bits per heavy atom. The number of aromatic nitrogens is 2. The Bertz CT molecular complexity index is 641. The van der Waals surface area contributed by atoms with E-state index < -0.39 is 0 Å². The molecule has 0 radical (unpaired) electrons. The van der Waals surface area contributed by atoms with Crippen LogP contribution in [-0.4, -0.2) is 15.5 Å². The molecule has 0 fully saturated rings. The van der Waals surface area contributed by atoms with Gasteiger partial charge in [-0.25, -0.2) is 0 Å². The molecule has 2 aromatic rings. The van der Waals surface area contributed by atoms with E-state index in [4.69, 9.17) is 4.52 Å². The Morgan fingerprint density at radius 3 is 2.94 bits per heavy atom. The molecule has 18 heavy (non-hydrogen) atoms. The number of ketones is 1. The lowest BCUT2D eigenvalue weighted by atomic mass is 9.94. The van der Waals surface area contributed by atoms with Gasteiger partial charge in [0.25, 0.3) is 5.56 Å². The van der Waals surface area contributed by atoms with Gasteiger partial charge in [-0.05, 0) is 18.9 Å². The summed E-state index contributed by atoms with van der Waals surface area (Å²) in [5.74, 6) is 0.121. The number of fused-ring (bicyclic) bond motifs is 1. The summed E-state index contributed by atoms with van der Waals surface area (Å²) >= 11 is 0. The number of nitrogens with zero attached hydrogens (tertiary/aromatic N) is 2. The molecule has 0 atom stereocenters. The van der Waals surface area contributed by atoms with E-state index in [2.05, 4.69) is 5.16 Å². The monoisotopic (exact) mass is 244 g/mol. The fourth-order valence-electron chi connectivity index (χ4n) is 2.35. The maximum atomic E-state index is 11.9. The molecule has 92 valence electrons. The van der Waals surface area contributed by atoms with Crippen LogP contribution in [0.15, 0.2) is 33.9 Å². The third-order valence-electron chi connectivity index (χ3n) is 3.24. The van der Waals surface area contributed by atoms with Crippen molar-refractivity contribution in [2.24, 2.45) is 0 Å². The first kappa shape index (κ1) is 11.0. The minimum Gasteiger partial charge on any atom is -0.364 e. The number of carbonyl (C=O) groups is 1. The predicted molar refractivity (Wildman–Crippen MR) is 63.6 cm³/mol. The van der Waals surface area contributed by atoms with Gasteiger partial charge >= 0.3 is 0 Å². The second kappa shape index (κ2) is 4.25. The summed E-state index contributed by atoms with van der Waals surface area (Å²) in [6.45, 7) is 0.402. The van der Waals surface area contributed by atoms with Crippen molar-refractivity contribution in [3.63, 3.8) is 0 Å². The molecule has 1 aliphatic rings. The van der Waals surface area contributed by atoms with E-state index in [0.717, 1.165) is 24.1 Å². The first-order chi connectivity index (χ1) is 8.75. The quantitative estimate of drug-likeness (QED) is 0.801. The van der Waals surface area contributed by atoms with E-state index in [1.165, 1.54) is 12.3 Å². The number of pyridine rings is 1. The number of Topliss-reactive ketones (excluding diaryl/α,β-unsaturated/α-hetero) is 1. The molecule has 0 bridgehead atoms. The van der Waals surface area contributed by atoms with Gasteiger partial charge in [0.2, 0.25) is 0 Å². The van der Waals surface area contributed by atoms with Gasteiger partial charge in [-0.2, -0.15) is 0 Å². The minimum absolute atomic E-state index is 0.0929. The van der Waals surface area contributed by atoms with Crippen LogP contribution < -0.4 is 5.56 Å². The number of rotatable bonds is 2. The second-order valence-electron chi connectivity index (χ2n) is 4.43. The van der Waals surface area contributed by atoms with E-state index in [1.54, 1.807) is 16.8 Å². The summed E-state index contributed by atoms with van der Waals surface area (Å²) in [7, 11) is 0. The van der Waals surface area contributed by atoms with Gasteiger partial charge < -0.3 is 9.09 Å². The third-order valence-corrected chi connectivity index (χ3v) is 3.24. The van der Waals surface area contributed by atoms with Crippen LogP contribution >= 0.6 is 0 Å². The molecule has 0 aromatic carbocycles. The van der Waals surface area contributed by atoms with Crippen molar-refractivity contribution in [1.82, 2.24) is 9.72 Å². The molecule has 0 amide bonds. The minimum atomic E-state index is -0.0929.